The Morgan fingerprint density at radius 3 is 2.29 bits per heavy atom. The molecule has 1 aliphatic rings. The Morgan fingerprint density at radius 1 is 1.07 bits per heavy atom. The molecule has 0 aliphatic carbocycles. The number of benzene rings is 1. The molecule has 4 aromatic heterocycles. The van der Waals surface area contributed by atoms with Gasteiger partial charge in [0.25, 0.3) is 5.56 Å². The summed E-state index contributed by atoms with van der Waals surface area (Å²) in [5, 5.41) is 43.6. The van der Waals surface area contributed by atoms with Gasteiger partial charge in [0, 0.05) is 37.4 Å². The number of piperidine rings is 1. The molecule has 0 spiro atoms. The summed E-state index contributed by atoms with van der Waals surface area (Å²) in [7, 11) is 0. The number of H-pyrrole nitrogens is 1. The highest BCUT2D eigenvalue weighted by atomic mass is 16.4. The fourth-order valence-electron chi connectivity index (χ4n) is 5.41. The monoisotopic (exact) mass is 554 g/mol. The van der Waals surface area contributed by atoms with E-state index in [4.69, 9.17) is 5.10 Å². The van der Waals surface area contributed by atoms with Gasteiger partial charge in [0.1, 0.15) is 5.39 Å². The molecule has 41 heavy (non-hydrogen) atoms. The normalized spacial score (nSPS) is 14.7. The maximum absolute atomic E-state index is 13.1. The van der Waals surface area contributed by atoms with Gasteiger partial charge in [0.2, 0.25) is 0 Å². The second-order valence-electron chi connectivity index (χ2n) is 10.0. The highest BCUT2D eigenvalue weighted by Gasteiger charge is 2.40. The van der Waals surface area contributed by atoms with Crippen molar-refractivity contribution in [1.29, 1.82) is 5.26 Å². The number of fused-ring (bicyclic) bond motifs is 1. The van der Waals surface area contributed by atoms with Crippen LogP contribution in [0.25, 0.3) is 10.9 Å². The van der Waals surface area contributed by atoms with Crippen molar-refractivity contribution in [2.45, 2.75) is 37.9 Å². The van der Waals surface area contributed by atoms with E-state index in [1.165, 1.54) is 4.90 Å². The molecule has 0 bridgehead atoms. The molecule has 15 heteroatoms. The maximum Gasteiger partial charge on any atom is 0.407 e. The Kier molecular flexibility index (Phi) is 6.63. The summed E-state index contributed by atoms with van der Waals surface area (Å²) in [4.78, 5) is 28.7. The summed E-state index contributed by atoms with van der Waals surface area (Å²) in [6, 6.07) is 9.95. The highest BCUT2D eigenvalue weighted by Crippen LogP contribution is 2.37. The van der Waals surface area contributed by atoms with E-state index in [-0.39, 0.29) is 25.1 Å². The predicted molar refractivity (Wildman–Crippen MR) is 145 cm³/mol. The minimum absolute atomic E-state index is 0.124. The van der Waals surface area contributed by atoms with E-state index >= 15 is 0 Å². The lowest BCUT2D eigenvalue weighted by Gasteiger charge is -2.40. The minimum atomic E-state index is -0.993. The van der Waals surface area contributed by atoms with Gasteiger partial charge in [-0.2, -0.15) is 10.4 Å². The van der Waals surface area contributed by atoms with Crippen molar-refractivity contribution in [1.82, 2.24) is 49.7 Å². The molecule has 0 radical (unpaired) electrons. The molecular weight excluding hydrogens is 528 g/mol. The average Bonchev–Trinajstić information content (AvgIpc) is 3.72. The van der Waals surface area contributed by atoms with Crippen LogP contribution in [0, 0.1) is 11.3 Å². The van der Waals surface area contributed by atoms with Crippen LogP contribution in [-0.2, 0) is 18.6 Å². The third kappa shape index (κ3) is 5.10. The van der Waals surface area contributed by atoms with Crippen LogP contribution >= 0.6 is 0 Å². The van der Waals surface area contributed by atoms with Gasteiger partial charge in [-0.1, -0.05) is 16.5 Å². The van der Waals surface area contributed by atoms with Gasteiger partial charge in [0.15, 0.2) is 5.82 Å². The molecule has 208 valence electrons. The number of amides is 1. The number of nitrogens with one attached hydrogen (secondary N) is 2. The number of rotatable bonds is 8. The lowest BCUT2D eigenvalue weighted by molar-refractivity contribution is 0.0912. The Balaban J connectivity index is 1.41. The van der Waals surface area contributed by atoms with Crippen LogP contribution in [-0.4, -0.2) is 73.9 Å². The molecule has 1 aromatic carbocycles. The number of carbonyl (C=O) groups is 1. The van der Waals surface area contributed by atoms with Crippen molar-refractivity contribution in [3.05, 3.63) is 76.7 Å². The summed E-state index contributed by atoms with van der Waals surface area (Å²) in [6.07, 6.45) is 8.24. The summed E-state index contributed by atoms with van der Waals surface area (Å²) in [5.41, 5.74) is 2.05. The second kappa shape index (κ2) is 10.6. The lowest BCUT2D eigenvalue weighted by atomic mass is 9.85. The standard InChI is InChI=1S/C26H26N12O3/c27-5-2-26(3-9-35(10-4-26)25(40)41)38-21-1-6-28-24(39)22(21)23(32-38)31-20-14-18(16-36-11-7-29-33-36)13-19(15-20)17-37-12-8-30-34-37/h1,6-8,11-15H,2-4,9-10,16-17H2,(H,28,39)(H,31,32)(H,40,41). The molecule has 5 aromatic rings. The zero-order valence-corrected chi connectivity index (χ0v) is 21.9. The number of nitrogens with zero attached hydrogens (tertiary/aromatic N) is 10. The average molecular weight is 555 g/mol. The van der Waals surface area contributed by atoms with Crippen LogP contribution in [0.5, 0.6) is 0 Å². The van der Waals surface area contributed by atoms with E-state index < -0.39 is 11.6 Å². The summed E-state index contributed by atoms with van der Waals surface area (Å²) in [5.74, 6) is 0.337. The Labute approximate surface area is 232 Å². The largest absolute Gasteiger partial charge is 0.465 e. The fourth-order valence-corrected chi connectivity index (χ4v) is 5.41. The summed E-state index contributed by atoms with van der Waals surface area (Å²) in [6.45, 7) is 1.47. The molecule has 1 fully saturated rings. The Bertz CT molecular complexity index is 1720. The first kappa shape index (κ1) is 25.7. The molecule has 0 unspecified atom stereocenters. The van der Waals surface area contributed by atoms with Gasteiger partial charge in [-0.15, -0.1) is 10.2 Å². The van der Waals surface area contributed by atoms with Crippen molar-refractivity contribution < 1.29 is 9.90 Å². The van der Waals surface area contributed by atoms with Crippen molar-refractivity contribution in [2.75, 3.05) is 18.4 Å². The van der Waals surface area contributed by atoms with Gasteiger partial charge in [-0.05, 0) is 42.2 Å². The van der Waals surface area contributed by atoms with E-state index in [0.717, 1.165) is 11.1 Å². The lowest BCUT2D eigenvalue weighted by Crippen LogP contribution is -2.48. The smallest absolute Gasteiger partial charge is 0.407 e. The first-order valence-corrected chi connectivity index (χ1v) is 13.0. The number of hydrogen-bond acceptors (Lipinski definition) is 9. The van der Waals surface area contributed by atoms with Crippen molar-refractivity contribution in [3.63, 3.8) is 0 Å². The number of nitriles is 1. The fraction of sp³-hybridized carbons (Fsp3) is 0.308. The van der Waals surface area contributed by atoms with Gasteiger partial charge < -0.3 is 20.3 Å². The van der Waals surface area contributed by atoms with Crippen LogP contribution in [0.1, 0.15) is 30.4 Å². The molecule has 0 saturated carbocycles. The van der Waals surface area contributed by atoms with Crippen molar-refractivity contribution >= 4 is 28.5 Å². The van der Waals surface area contributed by atoms with Crippen LogP contribution in [0.2, 0.25) is 0 Å². The third-order valence-corrected chi connectivity index (χ3v) is 7.37. The van der Waals surface area contributed by atoms with E-state index in [1.54, 1.807) is 51.1 Å². The SMILES string of the molecule is N#CCC1(n2nc(Nc3cc(Cn4ccnn4)cc(Cn4ccnn4)c3)c3c(=O)[nH]ccc32)CCN(C(=O)O)CC1. The quantitative estimate of drug-likeness (QED) is 0.256. The first-order chi connectivity index (χ1) is 19.9. The molecular formula is C26H26N12O3. The zero-order chi connectivity index (χ0) is 28.4. The van der Waals surface area contributed by atoms with E-state index in [1.807, 2.05) is 18.2 Å². The molecule has 1 aliphatic heterocycles. The van der Waals surface area contributed by atoms with Crippen LogP contribution in [0.4, 0.5) is 16.3 Å². The van der Waals surface area contributed by atoms with E-state index in [0.29, 0.717) is 48.3 Å². The second-order valence-corrected chi connectivity index (χ2v) is 10.0. The summed E-state index contributed by atoms with van der Waals surface area (Å²) < 4.78 is 5.16. The predicted octanol–water partition coefficient (Wildman–Crippen LogP) is 2.13. The Hall–Kier alpha value is -5.52. The number of anilines is 2. The van der Waals surface area contributed by atoms with Crippen molar-refractivity contribution in [3.8, 4) is 6.07 Å². The zero-order valence-electron chi connectivity index (χ0n) is 21.9. The van der Waals surface area contributed by atoms with Gasteiger partial charge >= 0.3 is 6.09 Å². The Morgan fingerprint density at radius 2 is 1.73 bits per heavy atom. The number of carboxylic acid groups (broad SMARTS) is 1. The number of aromatic nitrogens is 9. The molecule has 0 atom stereocenters. The minimum Gasteiger partial charge on any atom is -0.465 e. The number of likely N-dealkylation sites (tertiary alicyclic amines) is 1. The molecule has 15 nitrogen and oxygen atoms in total. The highest BCUT2D eigenvalue weighted by molar-refractivity contribution is 5.91. The number of pyridine rings is 1. The third-order valence-electron chi connectivity index (χ3n) is 7.37. The van der Waals surface area contributed by atoms with E-state index in [9.17, 15) is 20.0 Å². The number of hydrogen-bond donors (Lipinski definition) is 3. The van der Waals surface area contributed by atoms with Gasteiger partial charge in [-0.25, -0.2) is 14.2 Å². The summed E-state index contributed by atoms with van der Waals surface area (Å²) >= 11 is 0. The van der Waals surface area contributed by atoms with E-state index in [2.05, 4.69) is 37.0 Å². The maximum atomic E-state index is 13.1. The molecule has 5 heterocycles. The molecule has 3 N–H and O–H groups in total. The molecule has 6 rings (SSSR count). The topological polar surface area (TPSA) is 188 Å². The van der Waals surface area contributed by atoms with Gasteiger partial charge in [-0.3, -0.25) is 9.48 Å². The van der Waals surface area contributed by atoms with Crippen LogP contribution in [0.3, 0.4) is 0 Å². The van der Waals surface area contributed by atoms with Crippen molar-refractivity contribution in [2.24, 2.45) is 0 Å². The molecule has 1 saturated heterocycles. The van der Waals surface area contributed by atoms with Crippen LogP contribution < -0.4 is 10.9 Å². The van der Waals surface area contributed by atoms with Gasteiger partial charge in [0.05, 0.1) is 49.0 Å². The first-order valence-electron chi connectivity index (χ1n) is 13.0. The van der Waals surface area contributed by atoms with Crippen LogP contribution in [0.15, 0.2) is 60.0 Å². The number of aromatic amines is 1. The molecule has 1 amide bonds.